The van der Waals surface area contributed by atoms with E-state index in [1.807, 2.05) is 12.1 Å². The third kappa shape index (κ3) is 5.23. The lowest BCUT2D eigenvalue weighted by molar-refractivity contribution is -0.122. The molecule has 1 aliphatic carbocycles. The highest BCUT2D eigenvalue weighted by Crippen LogP contribution is 2.47. The Labute approximate surface area is 225 Å². The summed E-state index contributed by atoms with van der Waals surface area (Å²) in [5.41, 5.74) is 9.00. The maximum Gasteiger partial charge on any atom is 0.224 e. The molecule has 0 saturated heterocycles. The van der Waals surface area contributed by atoms with Crippen molar-refractivity contribution in [3.8, 4) is 16.9 Å². The fourth-order valence-electron chi connectivity index (χ4n) is 5.87. The number of benzene rings is 4. The average molecular weight is 503 g/mol. The summed E-state index contributed by atoms with van der Waals surface area (Å²) in [5, 5.41) is 3.28. The molecule has 0 radical (unpaired) electrons. The zero-order valence-electron chi connectivity index (χ0n) is 21.9. The fraction of sp³-hybridized carbons (Fsp3) is 0.265. The Morgan fingerprint density at radius 1 is 0.921 bits per heavy atom. The zero-order chi connectivity index (χ0) is 25.9. The molecule has 4 aromatic carbocycles. The summed E-state index contributed by atoms with van der Waals surface area (Å²) in [7, 11) is 1.71. The monoisotopic (exact) mass is 502 g/mol. The van der Waals surface area contributed by atoms with Crippen LogP contribution in [0.1, 0.15) is 40.2 Å². The molecule has 1 aliphatic heterocycles. The van der Waals surface area contributed by atoms with E-state index in [0.717, 1.165) is 38.2 Å². The molecule has 1 heterocycles. The molecule has 4 heteroatoms. The van der Waals surface area contributed by atoms with Gasteiger partial charge in [-0.25, -0.2) is 0 Å². The van der Waals surface area contributed by atoms with Crippen LogP contribution < -0.4 is 10.1 Å². The Morgan fingerprint density at radius 3 is 2.50 bits per heavy atom. The Balaban J connectivity index is 1.24. The lowest BCUT2D eigenvalue weighted by atomic mass is 9.87. The summed E-state index contributed by atoms with van der Waals surface area (Å²) in [5.74, 6) is 1.47. The van der Waals surface area contributed by atoms with Gasteiger partial charge in [-0.1, -0.05) is 84.9 Å². The molecule has 1 N–H and O–H groups in total. The van der Waals surface area contributed by atoms with Crippen molar-refractivity contribution in [2.45, 2.75) is 38.4 Å². The topological polar surface area (TPSA) is 41.6 Å². The van der Waals surface area contributed by atoms with Gasteiger partial charge in [0, 0.05) is 32.1 Å². The van der Waals surface area contributed by atoms with Crippen molar-refractivity contribution in [3.05, 3.63) is 125 Å². The van der Waals surface area contributed by atoms with Crippen molar-refractivity contribution in [1.29, 1.82) is 0 Å². The van der Waals surface area contributed by atoms with Crippen LogP contribution in [-0.4, -0.2) is 24.5 Å². The summed E-state index contributed by atoms with van der Waals surface area (Å²) < 4.78 is 5.51. The van der Waals surface area contributed by atoms with Crippen molar-refractivity contribution < 1.29 is 9.53 Å². The predicted molar refractivity (Wildman–Crippen MR) is 152 cm³/mol. The molecule has 38 heavy (non-hydrogen) atoms. The highest BCUT2D eigenvalue weighted by atomic mass is 16.5. The van der Waals surface area contributed by atoms with Crippen molar-refractivity contribution in [1.82, 2.24) is 10.2 Å². The minimum atomic E-state index is 0.0823. The van der Waals surface area contributed by atoms with E-state index < -0.39 is 0 Å². The van der Waals surface area contributed by atoms with Crippen LogP contribution in [0.2, 0.25) is 0 Å². The molecule has 0 aromatic heterocycles. The molecule has 2 aliphatic rings. The molecule has 0 unspecified atom stereocenters. The van der Waals surface area contributed by atoms with E-state index in [1.165, 1.54) is 38.9 Å². The summed E-state index contributed by atoms with van der Waals surface area (Å²) in [4.78, 5) is 15.6. The molecule has 4 nitrogen and oxygen atoms in total. The standard InChI is InChI=1S/C34H34N2O2/c1-38-28-14-8-13-26(19-28)29-16-15-27(21-35-34(37)32-20-31(32)25-11-6-3-7-12-25)33-23-36(18-17-30(29)33)22-24-9-4-2-5-10-24/h2-16,19,31-32H,17-18,20-23H2,1H3,(H,35,37)/t31-,32-/m0/s1. The van der Waals surface area contributed by atoms with Gasteiger partial charge in [-0.2, -0.15) is 0 Å². The van der Waals surface area contributed by atoms with Crippen LogP contribution in [0.4, 0.5) is 0 Å². The lowest BCUT2D eigenvalue weighted by Gasteiger charge is -2.32. The summed E-state index contributed by atoms with van der Waals surface area (Å²) in [6, 6.07) is 33.8. The molecule has 4 aromatic rings. The fourth-order valence-corrected chi connectivity index (χ4v) is 5.87. The van der Waals surface area contributed by atoms with Gasteiger partial charge in [0.25, 0.3) is 0 Å². The second-order valence-electron chi connectivity index (χ2n) is 10.5. The van der Waals surface area contributed by atoms with Crippen molar-refractivity contribution in [3.63, 3.8) is 0 Å². The first kappa shape index (κ1) is 24.4. The minimum Gasteiger partial charge on any atom is -0.497 e. The normalized spacial score (nSPS) is 18.4. The van der Waals surface area contributed by atoms with Crippen LogP contribution in [-0.2, 0) is 30.8 Å². The van der Waals surface area contributed by atoms with Crippen LogP contribution in [0.25, 0.3) is 11.1 Å². The van der Waals surface area contributed by atoms with Crippen molar-refractivity contribution in [2.24, 2.45) is 5.92 Å². The van der Waals surface area contributed by atoms with Gasteiger partial charge in [0.05, 0.1) is 7.11 Å². The molecule has 6 rings (SSSR count). The number of methoxy groups -OCH3 is 1. The number of nitrogens with one attached hydrogen (secondary N) is 1. The van der Waals surface area contributed by atoms with Gasteiger partial charge in [-0.3, -0.25) is 9.69 Å². The lowest BCUT2D eigenvalue weighted by Crippen LogP contribution is -2.32. The second-order valence-corrected chi connectivity index (χ2v) is 10.5. The molecule has 192 valence electrons. The molecule has 0 bridgehead atoms. The summed E-state index contributed by atoms with van der Waals surface area (Å²) in [6.45, 7) is 3.38. The van der Waals surface area contributed by atoms with E-state index in [4.69, 9.17) is 4.74 Å². The first-order valence-corrected chi connectivity index (χ1v) is 13.6. The molecule has 1 fully saturated rings. The van der Waals surface area contributed by atoms with Crippen LogP contribution in [0, 0.1) is 5.92 Å². The molecule has 1 amide bonds. The van der Waals surface area contributed by atoms with Crippen LogP contribution >= 0.6 is 0 Å². The number of ether oxygens (including phenoxy) is 1. The van der Waals surface area contributed by atoms with Gasteiger partial charge in [-0.05, 0) is 69.8 Å². The van der Waals surface area contributed by atoms with Gasteiger partial charge < -0.3 is 10.1 Å². The number of hydrogen-bond acceptors (Lipinski definition) is 3. The van der Waals surface area contributed by atoms with E-state index in [-0.39, 0.29) is 11.8 Å². The number of carbonyl (C=O) groups excluding carboxylic acids is 1. The number of fused-ring (bicyclic) bond motifs is 1. The van der Waals surface area contributed by atoms with Gasteiger partial charge in [0.15, 0.2) is 0 Å². The van der Waals surface area contributed by atoms with E-state index in [1.54, 1.807) is 7.11 Å². The molecule has 1 saturated carbocycles. The number of rotatable bonds is 8. The van der Waals surface area contributed by atoms with Gasteiger partial charge >= 0.3 is 0 Å². The van der Waals surface area contributed by atoms with Crippen molar-refractivity contribution >= 4 is 5.91 Å². The Bertz CT molecular complexity index is 1420. The maximum absolute atomic E-state index is 13.1. The number of nitrogens with zero attached hydrogens (tertiary/aromatic N) is 1. The Kier molecular flexibility index (Phi) is 6.98. The highest BCUT2D eigenvalue weighted by Gasteiger charge is 2.43. The Morgan fingerprint density at radius 2 is 1.71 bits per heavy atom. The molecular weight excluding hydrogens is 468 g/mol. The minimum absolute atomic E-state index is 0.0823. The molecular formula is C34H34N2O2. The van der Waals surface area contributed by atoms with Gasteiger partial charge in [0.1, 0.15) is 5.75 Å². The molecule has 0 spiro atoms. The first-order chi connectivity index (χ1) is 18.7. The SMILES string of the molecule is COc1cccc(-c2ccc(CNC(=O)[C@H]3C[C@H]3c3ccccc3)c3c2CCN(Cc2ccccc2)C3)c1. The quantitative estimate of drug-likeness (QED) is 0.306. The third-order valence-electron chi connectivity index (χ3n) is 8.03. The third-order valence-corrected chi connectivity index (χ3v) is 8.03. The number of carbonyl (C=O) groups is 1. The number of hydrogen-bond donors (Lipinski definition) is 1. The average Bonchev–Trinajstić information content (AvgIpc) is 3.78. The molecule has 2 atom stereocenters. The van der Waals surface area contributed by atoms with E-state index in [0.29, 0.717) is 12.5 Å². The number of amides is 1. The maximum atomic E-state index is 13.1. The first-order valence-electron chi connectivity index (χ1n) is 13.6. The zero-order valence-corrected chi connectivity index (χ0v) is 21.9. The second kappa shape index (κ2) is 10.8. The van der Waals surface area contributed by atoms with E-state index >= 15 is 0 Å². The largest absolute Gasteiger partial charge is 0.497 e. The van der Waals surface area contributed by atoms with Crippen LogP contribution in [0.3, 0.4) is 0 Å². The van der Waals surface area contributed by atoms with Gasteiger partial charge in [-0.15, -0.1) is 0 Å². The van der Waals surface area contributed by atoms with E-state index in [2.05, 4.69) is 95.1 Å². The van der Waals surface area contributed by atoms with Crippen molar-refractivity contribution in [2.75, 3.05) is 13.7 Å². The summed E-state index contributed by atoms with van der Waals surface area (Å²) >= 11 is 0. The predicted octanol–water partition coefficient (Wildman–Crippen LogP) is 6.34. The Hall–Kier alpha value is -3.89. The van der Waals surface area contributed by atoms with Crippen LogP contribution in [0.15, 0.2) is 97.1 Å². The smallest absolute Gasteiger partial charge is 0.224 e. The summed E-state index contributed by atoms with van der Waals surface area (Å²) in [6.07, 6.45) is 1.92. The van der Waals surface area contributed by atoms with Gasteiger partial charge in [0.2, 0.25) is 5.91 Å². The van der Waals surface area contributed by atoms with Crippen LogP contribution in [0.5, 0.6) is 5.75 Å². The highest BCUT2D eigenvalue weighted by molar-refractivity contribution is 5.83. The van der Waals surface area contributed by atoms with E-state index in [9.17, 15) is 4.79 Å².